The lowest BCUT2D eigenvalue weighted by Gasteiger charge is -2.30. The fourth-order valence-electron chi connectivity index (χ4n) is 7.63. The van der Waals surface area contributed by atoms with Crippen molar-refractivity contribution < 1.29 is 32.9 Å². The Kier molecular flexibility index (Phi) is 40.5. The Hall–Kier alpha value is -0.500. The Morgan fingerprint density at radius 3 is 1.19 bits per heavy atom. The maximum Gasteiger partial charge on any atom is 0.268 e. The summed E-state index contributed by atoms with van der Waals surface area (Å²) in [6.07, 6.45) is 45.5. The van der Waals surface area contributed by atoms with Crippen LogP contribution in [0.5, 0.6) is 0 Å². The van der Waals surface area contributed by atoms with E-state index < -0.39 is 20.0 Å². The number of phosphoric acid groups is 1. The van der Waals surface area contributed by atoms with Gasteiger partial charge >= 0.3 is 0 Å². The molecule has 8 nitrogen and oxygen atoms in total. The van der Waals surface area contributed by atoms with Crippen molar-refractivity contribution in [2.45, 2.75) is 264 Å². The number of quaternary nitrogens is 1. The molecule has 342 valence electrons. The number of hydrogen-bond donors (Lipinski definition) is 2. The number of amides is 1. The van der Waals surface area contributed by atoms with Gasteiger partial charge in [-0.2, -0.15) is 0 Å². The van der Waals surface area contributed by atoms with E-state index in [-0.39, 0.29) is 19.1 Å². The average Bonchev–Trinajstić information content (AvgIpc) is 3.16. The van der Waals surface area contributed by atoms with Crippen molar-refractivity contribution in [1.29, 1.82) is 0 Å². The smallest absolute Gasteiger partial charge is 0.268 e. The fourth-order valence-corrected chi connectivity index (χ4v) is 8.35. The highest BCUT2D eigenvalue weighted by molar-refractivity contribution is 7.45. The zero-order valence-electron chi connectivity index (χ0n) is 38.8. The van der Waals surface area contributed by atoms with Crippen LogP contribution in [0.2, 0.25) is 0 Å². The zero-order valence-corrected chi connectivity index (χ0v) is 39.7. The van der Waals surface area contributed by atoms with E-state index in [9.17, 15) is 19.4 Å². The molecule has 57 heavy (non-hydrogen) atoms. The lowest BCUT2D eigenvalue weighted by molar-refractivity contribution is -0.870. The average molecular weight is 831 g/mol. The molecular formula is C48H99N2O6P. The van der Waals surface area contributed by atoms with Crippen LogP contribution in [0.4, 0.5) is 0 Å². The van der Waals surface area contributed by atoms with Crippen molar-refractivity contribution in [1.82, 2.24) is 5.32 Å². The van der Waals surface area contributed by atoms with E-state index in [2.05, 4.69) is 19.2 Å². The van der Waals surface area contributed by atoms with Crippen LogP contribution in [-0.4, -0.2) is 68.5 Å². The second-order valence-electron chi connectivity index (χ2n) is 18.5. The second-order valence-corrected chi connectivity index (χ2v) is 19.9. The normalized spacial score (nSPS) is 14.2. The molecule has 3 atom stereocenters. The van der Waals surface area contributed by atoms with Crippen LogP contribution in [0, 0.1) is 0 Å². The van der Waals surface area contributed by atoms with Gasteiger partial charge in [-0.1, -0.05) is 232 Å². The molecule has 0 rings (SSSR count). The summed E-state index contributed by atoms with van der Waals surface area (Å²) >= 11 is 0. The van der Waals surface area contributed by atoms with Gasteiger partial charge in [-0.05, 0) is 12.8 Å². The highest BCUT2D eigenvalue weighted by Crippen LogP contribution is 2.38. The van der Waals surface area contributed by atoms with E-state index in [0.29, 0.717) is 23.9 Å². The summed E-state index contributed by atoms with van der Waals surface area (Å²) in [7, 11) is 1.32. The molecule has 0 spiro atoms. The van der Waals surface area contributed by atoms with Crippen LogP contribution in [0.1, 0.15) is 251 Å². The second kappa shape index (κ2) is 40.9. The molecule has 1 amide bonds. The number of hydrogen-bond acceptors (Lipinski definition) is 6. The highest BCUT2D eigenvalue weighted by atomic mass is 31.2. The molecule has 3 unspecified atom stereocenters. The molecule has 0 saturated heterocycles. The topological polar surface area (TPSA) is 108 Å². The van der Waals surface area contributed by atoms with Crippen molar-refractivity contribution in [3.05, 3.63) is 0 Å². The number of aliphatic hydroxyl groups excluding tert-OH is 1. The number of unbranched alkanes of at least 4 members (excludes halogenated alkanes) is 33. The molecule has 0 aromatic rings. The summed E-state index contributed by atoms with van der Waals surface area (Å²) in [6, 6.07) is -0.793. The number of nitrogens with zero attached hydrogens (tertiary/aromatic N) is 1. The highest BCUT2D eigenvalue weighted by Gasteiger charge is 2.24. The van der Waals surface area contributed by atoms with Crippen LogP contribution in [0.25, 0.3) is 0 Å². The van der Waals surface area contributed by atoms with Crippen LogP contribution < -0.4 is 10.2 Å². The largest absolute Gasteiger partial charge is 0.756 e. The molecule has 0 aliphatic rings. The molecule has 0 saturated carbocycles. The minimum atomic E-state index is -4.56. The third-order valence-electron chi connectivity index (χ3n) is 11.6. The van der Waals surface area contributed by atoms with Crippen LogP contribution in [-0.2, 0) is 18.4 Å². The summed E-state index contributed by atoms with van der Waals surface area (Å²) in [6.45, 7) is 4.74. The molecule has 0 aromatic heterocycles. The Morgan fingerprint density at radius 2 is 0.860 bits per heavy atom. The van der Waals surface area contributed by atoms with E-state index >= 15 is 0 Å². The maximum absolute atomic E-state index is 12.9. The van der Waals surface area contributed by atoms with Gasteiger partial charge in [-0.25, -0.2) is 0 Å². The standard InChI is InChI=1S/C48H99N2O6P/c1-6-8-10-12-14-16-18-19-20-21-22-23-24-25-26-27-28-29-30-32-33-35-37-39-41-47(51)46(45-56-57(53,54)55-44-43-50(3,4)5)49-48(52)42-40-38-36-34-31-17-15-13-11-9-7-2/h46-47,51H,6-45H2,1-5H3,(H-,49,52,53,54). The number of aliphatic hydroxyl groups is 1. The summed E-state index contributed by atoms with van der Waals surface area (Å²) < 4.78 is 23.3. The fraction of sp³-hybridized carbons (Fsp3) is 0.979. The number of carbonyl (C=O) groups is 1. The van der Waals surface area contributed by atoms with Crippen molar-refractivity contribution in [3.8, 4) is 0 Å². The van der Waals surface area contributed by atoms with E-state index in [1.165, 1.54) is 186 Å². The number of phosphoric ester groups is 1. The third kappa shape index (κ3) is 43.4. The van der Waals surface area contributed by atoms with Crippen molar-refractivity contribution in [3.63, 3.8) is 0 Å². The molecule has 0 aliphatic heterocycles. The predicted octanol–water partition coefficient (Wildman–Crippen LogP) is 13.5. The molecule has 0 radical (unpaired) electrons. The predicted molar refractivity (Wildman–Crippen MR) is 243 cm³/mol. The Morgan fingerprint density at radius 1 is 0.544 bits per heavy atom. The number of likely N-dealkylation sites (N-methyl/N-ethyl adjacent to an activating group) is 1. The molecule has 2 N–H and O–H groups in total. The van der Waals surface area contributed by atoms with E-state index in [4.69, 9.17) is 9.05 Å². The van der Waals surface area contributed by atoms with Gasteiger partial charge in [-0.15, -0.1) is 0 Å². The van der Waals surface area contributed by atoms with Gasteiger partial charge in [0, 0.05) is 6.42 Å². The lowest BCUT2D eigenvalue weighted by Crippen LogP contribution is -2.46. The van der Waals surface area contributed by atoms with Gasteiger partial charge in [0.05, 0.1) is 39.9 Å². The SMILES string of the molecule is CCCCCCCCCCCCCCCCCCCCCCCCCCC(O)C(COP(=O)([O-])OCC[N+](C)(C)C)NC(=O)CCCCCCCCCCCCC. The van der Waals surface area contributed by atoms with E-state index in [1.54, 1.807) is 0 Å². The van der Waals surface area contributed by atoms with Crippen molar-refractivity contribution >= 4 is 13.7 Å². The zero-order chi connectivity index (χ0) is 42.1. The van der Waals surface area contributed by atoms with E-state index in [0.717, 1.165) is 38.5 Å². The summed E-state index contributed by atoms with van der Waals surface area (Å²) in [5.74, 6) is -0.162. The number of nitrogens with one attached hydrogen (secondary N) is 1. The first kappa shape index (κ1) is 56.5. The Balaban J connectivity index is 4.13. The maximum atomic E-state index is 12.9. The minimum absolute atomic E-state index is 0.0161. The van der Waals surface area contributed by atoms with Crippen LogP contribution in [0.15, 0.2) is 0 Å². The van der Waals surface area contributed by atoms with Gasteiger partial charge in [-0.3, -0.25) is 9.36 Å². The van der Waals surface area contributed by atoms with Gasteiger partial charge < -0.3 is 28.8 Å². The van der Waals surface area contributed by atoms with Gasteiger partial charge in [0.25, 0.3) is 7.82 Å². The Labute approximate surface area is 355 Å². The Bertz CT molecular complexity index is 901. The van der Waals surface area contributed by atoms with Crippen molar-refractivity contribution in [2.24, 2.45) is 0 Å². The van der Waals surface area contributed by atoms with E-state index in [1.807, 2.05) is 21.1 Å². The third-order valence-corrected chi connectivity index (χ3v) is 12.6. The molecule has 0 aliphatic carbocycles. The first-order chi connectivity index (χ1) is 27.5. The molecule has 0 heterocycles. The van der Waals surface area contributed by atoms with Crippen LogP contribution >= 0.6 is 7.82 Å². The van der Waals surface area contributed by atoms with Crippen molar-refractivity contribution in [2.75, 3.05) is 40.9 Å². The monoisotopic (exact) mass is 831 g/mol. The number of rotatable bonds is 46. The van der Waals surface area contributed by atoms with Gasteiger partial charge in [0.15, 0.2) is 0 Å². The number of carbonyl (C=O) groups excluding carboxylic acids is 1. The first-order valence-electron chi connectivity index (χ1n) is 24.9. The molecule has 0 bridgehead atoms. The quantitative estimate of drug-likeness (QED) is 0.0359. The summed E-state index contributed by atoms with van der Waals surface area (Å²) in [5, 5.41) is 13.9. The van der Waals surface area contributed by atoms with Gasteiger partial charge in [0.1, 0.15) is 13.2 Å². The first-order valence-corrected chi connectivity index (χ1v) is 26.3. The molecular weight excluding hydrogens is 732 g/mol. The molecule has 0 aromatic carbocycles. The summed E-state index contributed by atoms with van der Waals surface area (Å²) in [5.41, 5.74) is 0. The minimum Gasteiger partial charge on any atom is -0.756 e. The summed E-state index contributed by atoms with van der Waals surface area (Å²) in [4.78, 5) is 25.3. The van der Waals surface area contributed by atoms with Crippen LogP contribution in [0.3, 0.4) is 0 Å². The molecule has 0 fully saturated rings. The lowest BCUT2D eigenvalue weighted by atomic mass is 10.0. The van der Waals surface area contributed by atoms with Gasteiger partial charge in [0.2, 0.25) is 5.91 Å². The molecule has 9 heteroatoms.